The third-order valence-electron chi connectivity index (χ3n) is 3.99. The van der Waals surface area contributed by atoms with Crippen molar-refractivity contribution in [1.82, 2.24) is 0 Å². The predicted octanol–water partition coefficient (Wildman–Crippen LogP) is 5.13. The highest BCUT2D eigenvalue weighted by Gasteiger charge is 2.19. The van der Waals surface area contributed by atoms with Crippen LogP contribution in [-0.4, -0.2) is 10.2 Å². The Bertz CT molecular complexity index is 797. The van der Waals surface area contributed by atoms with Crippen molar-refractivity contribution in [1.29, 1.82) is 0 Å². The van der Waals surface area contributed by atoms with Crippen molar-refractivity contribution in [3.8, 4) is 11.5 Å². The normalized spacial score (nSPS) is 12.0. The fourth-order valence-corrected chi connectivity index (χ4v) is 2.99. The highest BCUT2D eigenvalue weighted by molar-refractivity contribution is 6.31. The summed E-state index contributed by atoms with van der Waals surface area (Å²) in [7, 11) is 0. The van der Waals surface area contributed by atoms with E-state index in [4.69, 9.17) is 11.6 Å². The van der Waals surface area contributed by atoms with Crippen LogP contribution in [0.5, 0.6) is 11.5 Å². The molecule has 0 amide bonds. The summed E-state index contributed by atoms with van der Waals surface area (Å²) in [4.78, 5) is 0. The molecule has 3 aromatic rings. The lowest BCUT2D eigenvalue weighted by molar-refractivity contribution is 0.464. The van der Waals surface area contributed by atoms with Gasteiger partial charge in [-0.1, -0.05) is 60.1 Å². The second-order valence-electron chi connectivity index (χ2n) is 5.50. The third kappa shape index (κ3) is 3.49. The summed E-state index contributed by atoms with van der Waals surface area (Å²) < 4.78 is 0. The first-order chi connectivity index (χ1) is 11.1. The summed E-state index contributed by atoms with van der Waals surface area (Å²) >= 11 is 6.31. The van der Waals surface area contributed by atoms with E-state index in [1.165, 1.54) is 0 Å². The second-order valence-corrected chi connectivity index (χ2v) is 5.91. The predicted molar refractivity (Wildman–Crippen MR) is 93.2 cm³/mol. The molecule has 3 rings (SSSR count). The number of hydrogen-bond donors (Lipinski definition) is 2. The van der Waals surface area contributed by atoms with Gasteiger partial charge < -0.3 is 10.2 Å². The van der Waals surface area contributed by atoms with E-state index in [2.05, 4.69) is 0 Å². The molecule has 3 heteroatoms. The lowest BCUT2D eigenvalue weighted by atomic mass is 9.85. The molecule has 2 nitrogen and oxygen atoms in total. The van der Waals surface area contributed by atoms with Crippen molar-refractivity contribution in [2.45, 2.75) is 12.3 Å². The van der Waals surface area contributed by atoms with Crippen molar-refractivity contribution >= 4 is 11.6 Å². The maximum atomic E-state index is 10.3. The van der Waals surface area contributed by atoms with Gasteiger partial charge in [0.1, 0.15) is 11.5 Å². The number of aromatic hydroxyl groups is 2. The van der Waals surface area contributed by atoms with Gasteiger partial charge in [0.15, 0.2) is 0 Å². The van der Waals surface area contributed by atoms with Crippen LogP contribution in [0.25, 0.3) is 0 Å². The fourth-order valence-electron chi connectivity index (χ4n) is 2.78. The van der Waals surface area contributed by atoms with E-state index < -0.39 is 0 Å². The van der Waals surface area contributed by atoms with Crippen LogP contribution in [0.15, 0.2) is 72.8 Å². The molecule has 116 valence electrons. The largest absolute Gasteiger partial charge is 0.508 e. The van der Waals surface area contributed by atoms with E-state index in [-0.39, 0.29) is 17.4 Å². The van der Waals surface area contributed by atoms with E-state index in [1.807, 2.05) is 54.6 Å². The zero-order chi connectivity index (χ0) is 16.2. The van der Waals surface area contributed by atoms with Crippen LogP contribution < -0.4 is 0 Å². The minimum absolute atomic E-state index is 0.0447. The van der Waals surface area contributed by atoms with Gasteiger partial charge in [-0.2, -0.15) is 0 Å². The summed E-state index contributed by atoms with van der Waals surface area (Å²) in [5, 5.41) is 20.5. The lowest BCUT2D eigenvalue weighted by Gasteiger charge is -2.20. The molecule has 2 N–H and O–H groups in total. The topological polar surface area (TPSA) is 40.5 Å². The van der Waals surface area contributed by atoms with Gasteiger partial charge in [-0.25, -0.2) is 0 Å². The van der Waals surface area contributed by atoms with Crippen molar-refractivity contribution in [3.05, 3.63) is 94.5 Å². The molecular formula is C20H17ClO2. The van der Waals surface area contributed by atoms with Crippen LogP contribution >= 0.6 is 11.6 Å². The van der Waals surface area contributed by atoms with Gasteiger partial charge in [-0.15, -0.1) is 0 Å². The molecule has 0 aliphatic heterocycles. The van der Waals surface area contributed by atoms with Crippen molar-refractivity contribution in [3.63, 3.8) is 0 Å². The number of para-hydroxylation sites is 1. The molecular weight excluding hydrogens is 308 g/mol. The van der Waals surface area contributed by atoms with Crippen LogP contribution in [0.2, 0.25) is 5.02 Å². The molecule has 0 heterocycles. The Labute approximate surface area is 140 Å². The van der Waals surface area contributed by atoms with Crippen LogP contribution in [0.3, 0.4) is 0 Å². The van der Waals surface area contributed by atoms with Crippen LogP contribution in [0.1, 0.15) is 22.6 Å². The Kier molecular flexibility index (Phi) is 4.54. The standard InChI is InChI=1S/C20H17ClO2/c21-19-7-3-1-5-15(19)13-18(14-9-11-16(22)12-10-14)17-6-2-4-8-20(17)23/h1-12,18,22-23H,13H2. The maximum Gasteiger partial charge on any atom is 0.119 e. The van der Waals surface area contributed by atoms with Crippen LogP contribution in [0.4, 0.5) is 0 Å². The van der Waals surface area contributed by atoms with Crippen LogP contribution in [-0.2, 0) is 6.42 Å². The van der Waals surface area contributed by atoms with Gasteiger partial charge in [0.05, 0.1) is 0 Å². The van der Waals surface area contributed by atoms with E-state index in [0.717, 1.165) is 16.7 Å². The first kappa shape index (κ1) is 15.4. The van der Waals surface area contributed by atoms with E-state index in [0.29, 0.717) is 11.4 Å². The van der Waals surface area contributed by atoms with E-state index in [1.54, 1.807) is 18.2 Å². The first-order valence-corrected chi connectivity index (χ1v) is 7.83. The third-order valence-corrected chi connectivity index (χ3v) is 4.36. The second kappa shape index (κ2) is 6.76. The van der Waals surface area contributed by atoms with E-state index in [9.17, 15) is 10.2 Å². The molecule has 0 aliphatic rings. The highest BCUT2D eigenvalue weighted by atomic mass is 35.5. The molecule has 0 saturated carbocycles. The van der Waals surface area contributed by atoms with Crippen molar-refractivity contribution in [2.24, 2.45) is 0 Å². The lowest BCUT2D eigenvalue weighted by Crippen LogP contribution is -2.06. The van der Waals surface area contributed by atoms with Gasteiger partial charge in [-0.05, 0) is 41.8 Å². The smallest absolute Gasteiger partial charge is 0.119 e. The highest BCUT2D eigenvalue weighted by Crippen LogP contribution is 2.35. The number of benzene rings is 3. The minimum Gasteiger partial charge on any atom is -0.508 e. The number of rotatable bonds is 4. The molecule has 0 spiro atoms. The summed E-state index contributed by atoms with van der Waals surface area (Å²) in [5.41, 5.74) is 2.89. The molecule has 0 saturated heterocycles. The zero-order valence-electron chi connectivity index (χ0n) is 12.5. The molecule has 1 unspecified atom stereocenters. The fraction of sp³-hybridized carbons (Fsp3) is 0.100. The summed E-state index contributed by atoms with van der Waals surface area (Å²) in [6, 6.07) is 22.1. The number of phenols is 2. The van der Waals surface area contributed by atoms with Gasteiger partial charge >= 0.3 is 0 Å². The number of phenolic OH excluding ortho intramolecular Hbond substituents is 2. The summed E-state index contributed by atoms with van der Waals surface area (Å²) in [5.74, 6) is 0.442. The SMILES string of the molecule is Oc1ccc(C(Cc2ccccc2Cl)c2ccccc2O)cc1. The average Bonchev–Trinajstić information content (AvgIpc) is 2.56. The summed E-state index contributed by atoms with van der Waals surface area (Å²) in [6.45, 7) is 0. The maximum absolute atomic E-state index is 10.3. The van der Waals surface area contributed by atoms with Gasteiger partial charge in [0, 0.05) is 16.5 Å². The molecule has 0 radical (unpaired) electrons. The van der Waals surface area contributed by atoms with Gasteiger partial charge in [0.2, 0.25) is 0 Å². The van der Waals surface area contributed by atoms with Crippen molar-refractivity contribution < 1.29 is 10.2 Å². The first-order valence-electron chi connectivity index (χ1n) is 7.45. The summed E-state index contributed by atoms with van der Waals surface area (Å²) in [6.07, 6.45) is 0.669. The molecule has 0 aliphatic carbocycles. The van der Waals surface area contributed by atoms with Crippen molar-refractivity contribution in [2.75, 3.05) is 0 Å². The molecule has 0 bridgehead atoms. The molecule has 23 heavy (non-hydrogen) atoms. The molecule has 1 atom stereocenters. The Hall–Kier alpha value is -2.45. The molecule has 0 fully saturated rings. The Balaban J connectivity index is 2.05. The van der Waals surface area contributed by atoms with Gasteiger partial charge in [0.25, 0.3) is 0 Å². The van der Waals surface area contributed by atoms with Gasteiger partial charge in [-0.3, -0.25) is 0 Å². The van der Waals surface area contributed by atoms with E-state index >= 15 is 0 Å². The van der Waals surface area contributed by atoms with Crippen LogP contribution in [0, 0.1) is 0 Å². The Morgan fingerprint density at radius 2 is 1.43 bits per heavy atom. The number of hydrogen-bond acceptors (Lipinski definition) is 2. The average molecular weight is 325 g/mol. The molecule has 3 aromatic carbocycles. The zero-order valence-corrected chi connectivity index (χ0v) is 13.2. The molecule has 0 aromatic heterocycles. The monoisotopic (exact) mass is 324 g/mol. The quantitative estimate of drug-likeness (QED) is 0.698. The Morgan fingerprint density at radius 1 is 0.783 bits per heavy atom. The minimum atomic E-state index is -0.0447. The number of halogens is 1. The Morgan fingerprint density at radius 3 is 2.13 bits per heavy atom.